The predicted octanol–water partition coefficient (Wildman–Crippen LogP) is 1.16. The summed E-state index contributed by atoms with van der Waals surface area (Å²) in [6.45, 7) is 7.53. The highest BCUT2D eigenvalue weighted by Gasteiger charge is 2.22. The van der Waals surface area contributed by atoms with Gasteiger partial charge in [-0.3, -0.25) is 0 Å². The van der Waals surface area contributed by atoms with Crippen LogP contribution in [0.1, 0.15) is 32.1 Å². The fourth-order valence-electron chi connectivity index (χ4n) is 3.37. The molecule has 0 aromatic rings. The summed E-state index contributed by atoms with van der Waals surface area (Å²) in [5, 5.41) is 0. The van der Waals surface area contributed by atoms with Gasteiger partial charge in [0.1, 0.15) is 0 Å². The highest BCUT2D eigenvalue weighted by molar-refractivity contribution is 4.79. The molecule has 0 atom stereocenters. The molecule has 0 aromatic carbocycles. The Bertz CT molecular complexity index is 236. The number of hydrogen-bond donors (Lipinski definition) is 1. The predicted molar refractivity (Wildman–Crippen MR) is 79.3 cm³/mol. The molecular formula is C15H31N3O. The molecule has 19 heavy (non-hydrogen) atoms. The van der Waals surface area contributed by atoms with Crippen molar-refractivity contribution in [3.05, 3.63) is 0 Å². The molecule has 0 unspecified atom stereocenters. The Morgan fingerprint density at radius 1 is 1.16 bits per heavy atom. The van der Waals surface area contributed by atoms with Gasteiger partial charge in [-0.1, -0.05) is 0 Å². The highest BCUT2D eigenvalue weighted by atomic mass is 16.5. The van der Waals surface area contributed by atoms with Crippen molar-refractivity contribution in [1.29, 1.82) is 0 Å². The van der Waals surface area contributed by atoms with E-state index in [0.29, 0.717) is 0 Å². The number of piperidine rings is 1. The molecule has 0 aliphatic carbocycles. The van der Waals surface area contributed by atoms with E-state index in [1.54, 1.807) is 0 Å². The first kappa shape index (κ1) is 15.2. The molecule has 0 amide bonds. The molecule has 2 heterocycles. The molecule has 4 heteroatoms. The molecule has 112 valence electrons. The summed E-state index contributed by atoms with van der Waals surface area (Å²) in [6.07, 6.45) is 6.50. The maximum atomic E-state index is 5.62. The molecule has 2 saturated heterocycles. The van der Waals surface area contributed by atoms with E-state index in [1.807, 2.05) is 0 Å². The number of ether oxygens (including phenoxy) is 1. The molecule has 4 nitrogen and oxygen atoms in total. The standard InChI is InChI=1S/C15H31N3O/c1-17(8-2-14-5-12-19-13-6-14)15-3-9-18(10-4-15)11-7-16/h14-15H,2-13,16H2,1H3. The minimum atomic E-state index is 0.786. The maximum absolute atomic E-state index is 5.62. The summed E-state index contributed by atoms with van der Waals surface area (Å²) in [4.78, 5) is 5.10. The molecule has 2 aliphatic rings. The highest BCUT2D eigenvalue weighted by Crippen LogP contribution is 2.21. The summed E-state index contributed by atoms with van der Waals surface area (Å²) < 4.78 is 5.43. The van der Waals surface area contributed by atoms with Gasteiger partial charge in [-0.15, -0.1) is 0 Å². The van der Waals surface area contributed by atoms with Crippen molar-refractivity contribution >= 4 is 0 Å². The summed E-state index contributed by atoms with van der Waals surface area (Å²) in [7, 11) is 2.31. The molecular weight excluding hydrogens is 238 g/mol. The molecule has 0 radical (unpaired) electrons. The fourth-order valence-corrected chi connectivity index (χ4v) is 3.37. The van der Waals surface area contributed by atoms with Crippen molar-refractivity contribution in [2.45, 2.75) is 38.1 Å². The van der Waals surface area contributed by atoms with E-state index < -0.39 is 0 Å². The first-order chi connectivity index (χ1) is 9.29. The topological polar surface area (TPSA) is 41.7 Å². The van der Waals surface area contributed by atoms with Crippen LogP contribution in [0.4, 0.5) is 0 Å². The van der Waals surface area contributed by atoms with Gasteiger partial charge >= 0.3 is 0 Å². The van der Waals surface area contributed by atoms with E-state index in [4.69, 9.17) is 10.5 Å². The lowest BCUT2D eigenvalue weighted by Crippen LogP contribution is -2.45. The second-order valence-corrected chi connectivity index (χ2v) is 6.19. The first-order valence-electron chi connectivity index (χ1n) is 8.00. The molecule has 2 fully saturated rings. The van der Waals surface area contributed by atoms with Gasteiger partial charge in [0.05, 0.1) is 0 Å². The molecule has 0 bridgehead atoms. The first-order valence-corrected chi connectivity index (χ1v) is 8.00. The smallest absolute Gasteiger partial charge is 0.0468 e. The van der Waals surface area contributed by atoms with E-state index in [0.717, 1.165) is 38.3 Å². The lowest BCUT2D eigenvalue weighted by atomic mass is 9.95. The van der Waals surface area contributed by atoms with E-state index in [2.05, 4.69) is 16.8 Å². The average Bonchev–Trinajstić information content (AvgIpc) is 2.47. The third kappa shape index (κ3) is 5.03. The lowest BCUT2D eigenvalue weighted by Gasteiger charge is -2.37. The number of nitrogens with zero attached hydrogens (tertiary/aromatic N) is 2. The Hall–Kier alpha value is -0.160. The SMILES string of the molecule is CN(CCC1CCOCC1)C1CCN(CCN)CC1. The summed E-state index contributed by atoms with van der Waals surface area (Å²) in [6, 6.07) is 0.786. The Morgan fingerprint density at radius 3 is 2.47 bits per heavy atom. The largest absolute Gasteiger partial charge is 0.381 e. The van der Waals surface area contributed by atoms with E-state index in [1.165, 1.54) is 51.7 Å². The van der Waals surface area contributed by atoms with Crippen LogP contribution in [-0.2, 0) is 4.74 Å². The van der Waals surface area contributed by atoms with Crippen LogP contribution in [0, 0.1) is 5.92 Å². The number of likely N-dealkylation sites (tertiary alicyclic amines) is 1. The zero-order chi connectivity index (χ0) is 13.5. The second kappa shape index (κ2) is 8.20. The van der Waals surface area contributed by atoms with Gasteiger partial charge in [0.25, 0.3) is 0 Å². The van der Waals surface area contributed by atoms with Crippen LogP contribution in [0.25, 0.3) is 0 Å². The van der Waals surface area contributed by atoms with Gasteiger partial charge in [-0.25, -0.2) is 0 Å². The van der Waals surface area contributed by atoms with Crippen LogP contribution in [0.5, 0.6) is 0 Å². The van der Waals surface area contributed by atoms with Gasteiger partial charge in [-0.2, -0.15) is 0 Å². The van der Waals surface area contributed by atoms with E-state index in [9.17, 15) is 0 Å². The van der Waals surface area contributed by atoms with Gasteiger partial charge in [0.2, 0.25) is 0 Å². The third-order valence-corrected chi connectivity index (χ3v) is 4.86. The molecule has 0 saturated carbocycles. The monoisotopic (exact) mass is 269 g/mol. The van der Waals surface area contributed by atoms with Crippen molar-refractivity contribution < 1.29 is 4.74 Å². The van der Waals surface area contributed by atoms with Gasteiger partial charge < -0.3 is 20.3 Å². The average molecular weight is 269 g/mol. The molecule has 2 rings (SSSR count). The fraction of sp³-hybridized carbons (Fsp3) is 1.00. The summed E-state index contributed by atoms with van der Waals surface area (Å²) >= 11 is 0. The van der Waals surface area contributed by atoms with Gasteiger partial charge in [0, 0.05) is 32.3 Å². The van der Waals surface area contributed by atoms with Gasteiger partial charge in [0.15, 0.2) is 0 Å². The quantitative estimate of drug-likeness (QED) is 0.786. The van der Waals surface area contributed by atoms with Crippen molar-refractivity contribution in [2.24, 2.45) is 11.7 Å². The van der Waals surface area contributed by atoms with Crippen LogP contribution in [-0.4, -0.2) is 68.8 Å². The molecule has 0 spiro atoms. The number of nitrogens with two attached hydrogens (primary N) is 1. The normalized spacial score (nSPS) is 24.2. The summed E-state index contributed by atoms with van der Waals surface area (Å²) in [5.41, 5.74) is 5.62. The van der Waals surface area contributed by atoms with Crippen LogP contribution in [0.15, 0.2) is 0 Å². The van der Waals surface area contributed by atoms with Crippen LogP contribution < -0.4 is 5.73 Å². The minimum absolute atomic E-state index is 0.786. The number of hydrogen-bond acceptors (Lipinski definition) is 4. The Morgan fingerprint density at radius 2 is 1.84 bits per heavy atom. The third-order valence-electron chi connectivity index (χ3n) is 4.86. The van der Waals surface area contributed by atoms with Crippen LogP contribution in [0.2, 0.25) is 0 Å². The summed E-state index contributed by atoms with van der Waals surface area (Å²) in [5.74, 6) is 0.897. The Labute approximate surface area is 118 Å². The Balaban J connectivity index is 1.62. The van der Waals surface area contributed by atoms with E-state index >= 15 is 0 Å². The van der Waals surface area contributed by atoms with Crippen molar-refractivity contribution in [3.63, 3.8) is 0 Å². The second-order valence-electron chi connectivity index (χ2n) is 6.19. The molecule has 2 aliphatic heterocycles. The zero-order valence-electron chi connectivity index (χ0n) is 12.5. The zero-order valence-corrected chi connectivity index (χ0v) is 12.5. The van der Waals surface area contributed by atoms with Crippen molar-refractivity contribution in [3.8, 4) is 0 Å². The van der Waals surface area contributed by atoms with Crippen LogP contribution >= 0.6 is 0 Å². The lowest BCUT2D eigenvalue weighted by molar-refractivity contribution is 0.0566. The van der Waals surface area contributed by atoms with Crippen molar-refractivity contribution in [2.75, 3.05) is 53.0 Å². The van der Waals surface area contributed by atoms with Crippen molar-refractivity contribution in [1.82, 2.24) is 9.80 Å². The maximum Gasteiger partial charge on any atom is 0.0468 e. The van der Waals surface area contributed by atoms with Gasteiger partial charge in [-0.05, 0) is 64.7 Å². The molecule has 0 aromatic heterocycles. The minimum Gasteiger partial charge on any atom is -0.381 e. The Kier molecular flexibility index (Phi) is 6.57. The van der Waals surface area contributed by atoms with Crippen LogP contribution in [0.3, 0.4) is 0 Å². The molecule has 2 N–H and O–H groups in total. The van der Waals surface area contributed by atoms with E-state index in [-0.39, 0.29) is 0 Å². The number of rotatable bonds is 6.